The minimum absolute atomic E-state index is 0.0813. The van der Waals surface area contributed by atoms with E-state index >= 15 is 0 Å². The van der Waals surface area contributed by atoms with Crippen LogP contribution in [0.4, 0.5) is 14.5 Å². The Labute approximate surface area is 186 Å². The van der Waals surface area contributed by atoms with Gasteiger partial charge in [0.2, 0.25) is 0 Å². The van der Waals surface area contributed by atoms with Crippen LogP contribution < -0.4 is 19.7 Å². The van der Waals surface area contributed by atoms with Gasteiger partial charge in [0.05, 0.1) is 5.52 Å². The van der Waals surface area contributed by atoms with Gasteiger partial charge in [-0.05, 0) is 68.6 Å². The lowest BCUT2D eigenvalue weighted by Gasteiger charge is -2.31. The number of fused-ring (bicyclic) bond motifs is 4. The fraction of sp³-hybridized carbons (Fsp3) is 0.400. The number of ether oxygens (including phenoxy) is 2. The van der Waals surface area contributed by atoms with Gasteiger partial charge in [0.15, 0.2) is 23.1 Å². The Balaban J connectivity index is 1.14. The Morgan fingerprint density at radius 2 is 2.03 bits per heavy atom. The lowest BCUT2D eigenvalue weighted by atomic mass is 10.0. The van der Waals surface area contributed by atoms with Gasteiger partial charge in [-0.25, -0.2) is 8.78 Å². The largest absolute Gasteiger partial charge is 0.486 e. The summed E-state index contributed by atoms with van der Waals surface area (Å²) in [4.78, 5) is 6.72. The molecule has 0 spiro atoms. The summed E-state index contributed by atoms with van der Waals surface area (Å²) in [6.07, 6.45) is 2.57. The first kappa shape index (κ1) is 20.9. The van der Waals surface area contributed by atoms with Crippen LogP contribution in [-0.2, 0) is 6.42 Å². The van der Waals surface area contributed by atoms with Crippen molar-refractivity contribution >= 4 is 16.6 Å². The second-order valence-corrected chi connectivity index (χ2v) is 8.51. The Morgan fingerprint density at radius 1 is 1.16 bits per heavy atom. The van der Waals surface area contributed by atoms with E-state index in [0.717, 1.165) is 78.2 Å². The summed E-state index contributed by atoms with van der Waals surface area (Å²) in [5.74, 6) is -0.0253. The van der Waals surface area contributed by atoms with E-state index in [-0.39, 0.29) is 6.10 Å². The molecule has 168 valence electrons. The maximum atomic E-state index is 13.7. The highest BCUT2D eigenvalue weighted by Crippen LogP contribution is 2.38. The fourth-order valence-electron chi connectivity index (χ4n) is 4.52. The van der Waals surface area contributed by atoms with E-state index in [0.29, 0.717) is 13.2 Å². The predicted octanol–water partition coefficient (Wildman–Crippen LogP) is 4.39. The number of benzene rings is 2. The van der Waals surface area contributed by atoms with Gasteiger partial charge in [0, 0.05) is 42.5 Å². The van der Waals surface area contributed by atoms with Crippen molar-refractivity contribution in [2.75, 3.05) is 37.7 Å². The van der Waals surface area contributed by atoms with Gasteiger partial charge in [0.25, 0.3) is 0 Å². The van der Waals surface area contributed by atoms with Crippen molar-refractivity contribution in [3.8, 4) is 11.5 Å². The molecule has 2 aliphatic rings. The molecular formula is C25H27F2N3O2. The number of halogens is 2. The second-order valence-electron chi connectivity index (χ2n) is 8.51. The number of nitrogens with one attached hydrogen (secondary N) is 1. The minimum Gasteiger partial charge on any atom is -0.486 e. The molecule has 0 aliphatic carbocycles. The van der Waals surface area contributed by atoms with E-state index in [1.807, 2.05) is 31.2 Å². The highest BCUT2D eigenvalue weighted by molar-refractivity contribution is 5.88. The lowest BCUT2D eigenvalue weighted by Crippen LogP contribution is -2.39. The molecule has 0 bridgehead atoms. The number of hydrogen-bond acceptors (Lipinski definition) is 5. The van der Waals surface area contributed by atoms with Crippen LogP contribution in [0.25, 0.3) is 10.9 Å². The van der Waals surface area contributed by atoms with Crippen LogP contribution in [0.5, 0.6) is 11.5 Å². The third-order valence-electron chi connectivity index (χ3n) is 6.12. The molecule has 7 heteroatoms. The standard InChI is InChI=1S/C25H27F2N3O2/c1-16-5-6-19-22(29-16)7-8-24-25(19)32-18(15-31-24)14-28-9-3-11-30-10-2-4-17-12-20(26)21(27)13-23(17)30/h5-8,12-13,18,28H,2-4,9-11,14-15H2,1H3/t18-/m0/s1. The average molecular weight is 440 g/mol. The molecule has 0 saturated carbocycles. The molecule has 1 atom stereocenters. The molecule has 1 aromatic heterocycles. The molecule has 1 N–H and O–H groups in total. The molecule has 0 amide bonds. The van der Waals surface area contributed by atoms with Crippen LogP contribution in [-0.4, -0.2) is 43.9 Å². The van der Waals surface area contributed by atoms with Crippen molar-refractivity contribution in [1.82, 2.24) is 10.3 Å². The monoisotopic (exact) mass is 439 g/mol. The normalized spacial score (nSPS) is 17.5. The van der Waals surface area contributed by atoms with Crippen molar-refractivity contribution in [1.29, 1.82) is 0 Å². The van der Waals surface area contributed by atoms with Crippen LogP contribution >= 0.6 is 0 Å². The van der Waals surface area contributed by atoms with Crippen molar-refractivity contribution in [3.05, 3.63) is 59.3 Å². The molecule has 2 aromatic carbocycles. The molecular weight excluding hydrogens is 412 g/mol. The fourth-order valence-corrected chi connectivity index (χ4v) is 4.52. The third-order valence-corrected chi connectivity index (χ3v) is 6.12. The summed E-state index contributed by atoms with van der Waals surface area (Å²) >= 11 is 0. The van der Waals surface area contributed by atoms with Gasteiger partial charge in [-0.15, -0.1) is 0 Å². The van der Waals surface area contributed by atoms with Crippen LogP contribution in [0, 0.1) is 18.6 Å². The molecule has 2 aliphatic heterocycles. The third kappa shape index (κ3) is 4.21. The first-order chi connectivity index (χ1) is 15.6. The summed E-state index contributed by atoms with van der Waals surface area (Å²) in [5, 5.41) is 4.41. The zero-order chi connectivity index (χ0) is 22.1. The van der Waals surface area contributed by atoms with E-state index in [4.69, 9.17) is 9.47 Å². The molecule has 5 rings (SSSR count). The topological polar surface area (TPSA) is 46.6 Å². The Kier molecular flexibility index (Phi) is 5.83. The first-order valence-electron chi connectivity index (χ1n) is 11.2. The number of nitrogens with zero attached hydrogens (tertiary/aromatic N) is 2. The molecule has 32 heavy (non-hydrogen) atoms. The van der Waals surface area contributed by atoms with Crippen LogP contribution in [0.3, 0.4) is 0 Å². The Bertz CT molecular complexity index is 1140. The van der Waals surface area contributed by atoms with E-state index in [2.05, 4.69) is 15.2 Å². The van der Waals surface area contributed by atoms with E-state index in [9.17, 15) is 8.78 Å². The van der Waals surface area contributed by atoms with E-state index in [1.54, 1.807) is 0 Å². The van der Waals surface area contributed by atoms with Crippen LogP contribution in [0.15, 0.2) is 36.4 Å². The molecule has 0 saturated heterocycles. The SMILES string of the molecule is Cc1ccc2c3c(ccc2n1)OC[C@H](CNCCCN1CCCc2cc(F)c(F)cc21)O3. The number of anilines is 1. The van der Waals surface area contributed by atoms with Gasteiger partial charge < -0.3 is 19.7 Å². The summed E-state index contributed by atoms with van der Waals surface area (Å²) < 4.78 is 39.4. The lowest BCUT2D eigenvalue weighted by molar-refractivity contribution is 0.0925. The quantitative estimate of drug-likeness (QED) is 0.577. The van der Waals surface area contributed by atoms with Gasteiger partial charge in [0.1, 0.15) is 12.7 Å². The molecule has 0 unspecified atom stereocenters. The summed E-state index contributed by atoms with van der Waals surface area (Å²) in [6, 6.07) is 10.6. The van der Waals surface area contributed by atoms with Crippen LogP contribution in [0.1, 0.15) is 24.1 Å². The smallest absolute Gasteiger partial charge is 0.171 e. The van der Waals surface area contributed by atoms with Crippen LogP contribution in [0.2, 0.25) is 0 Å². The van der Waals surface area contributed by atoms with Crippen molar-refractivity contribution in [3.63, 3.8) is 0 Å². The number of pyridine rings is 1. The van der Waals surface area contributed by atoms with Gasteiger partial charge in [-0.1, -0.05) is 0 Å². The van der Waals surface area contributed by atoms with Crippen molar-refractivity contribution < 1.29 is 18.3 Å². The predicted molar refractivity (Wildman–Crippen MR) is 121 cm³/mol. The van der Waals surface area contributed by atoms with Gasteiger partial charge >= 0.3 is 0 Å². The summed E-state index contributed by atoms with van der Waals surface area (Å²) in [5.41, 5.74) is 3.59. The summed E-state index contributed by atoms with van der Waals surface area (Å²) in [7, 11) is 0. The van der Waals surface area contributed by atoms with Crippen molar-refractivity contribution in [2.24, 2.45) is 0 Å². The highest BCUT2D eigenvalue weighted by atomic mass is 19.2. The Hall–Kier alpha value is -2.93. The molecule has 0 radical (unpaired) electrons. The number of hydrogen-bond donors (Lipinski definition) is 1. The molecule has 0 fully saturated rings. The molecule has 3 heterocycles. The average Bonchev–Trinajstić information content (AvgIpc) is 2.79. The van der Waals surface area contributed by atoms with Gasteiger partial charge in [-0.3, -0.25) is 4.98 Å². The molecule has 5 nitrogen and oxygen atoms in total. The number of rotatable bonds is 6. The minimum atomic E-state index is -0.776. The zero-order valence-electron chi connectivity index (χ0n) is 18.2. The highest BCUT2D eigenvalue weighted by Gasteiger charge is 2.23. The maximum Gasteiger partial charge on any atom is 0.171 e. The van der Waals surface area contributed by atoms with Gasteiger partial charge in [-0.2, -0.15) is 0 Å². The summed E-state index contributed by atoms with van der Waals surface area (Å²) in [6.45, 7) is 5.61. The van der Waals surface area contributed by atoms with E-state index in [1.165, 1.54) is 12.1 Å². The molecule has 3 aromatic rings. The second kappa shape index (κ2) is 8.90. The van der Waals surface area contributed by atoms with E-state index < -0.39 is 11.6 Å². The number of aromatic nitrogens is 1. The first-order valence-corrected chi connectivity index (χ1v) is 11.2. The van der Waals surface area contributed by atoms with Crippen molar-refractivity contribution in [2.45, 2.75) is 32.3 Å². The number of aryl methyl sites for hydroxylation is 2. The zero-order valence-corrected chi connectivity index (χ0v) is 18.2. The Morgan fingerprint density at radius 3 is 2.94 bits per heavy atom. The maximum absolute atomic E-state index is 13.7.